The summed E-state index contributed by atoms with van der Waals surface area (Å²) in [6.07, 6.45) is 1.66. The van der Waals surface area contributed by atoms with Gasteiger partial charge in [-0.3, -0.25) is 4.79 Å². The molecule has 0 aliphatic rings. The van der Waals surface area contributed by atoms with Gasteiger partial charge in [0.15, 0.2) is 5.78 Å². The van der Waals surface area contributed by atoms with E-state index >= 15 is 0 Å². The number of hydrogen-bond acceptors (Lipinski definition) is 3. The lowest BCUT2D eigenvalue weighted by Crippen LogP contribution is -2.13. The Morgan fingerprint density at radius 3 is 2.00 bits per heavy atom. The van der Waals surface area contributed by atoms with Gasteiger partial charge in [-0.1, -0.05) is 48.5 Å². The molecule has 3 heteroatoms. The summed E-state index contributed by atoms with van der Waals surface area (Å²) in [5, 5.41) is 4.13. The number of Topliss-reactive ketones (excluding diaryl/α,β-unsaturated/α-hetero) is 1. The first-order valence-electron chi connectivity index (χ1n) is 7.92. The lowest BCUT2D eigenvalue weighted by molar-refractivity contribution is -0.139. The highest BCUT2D eigenvalue weighted by molar-refractivity contribution is 6.22. The van der Waals surface area contributed by atoms with Gasteiger partial charge in [0.1, 0.15) is 5.57 Å². The Bertz CT molecular complexity index is 913. The van der Waals surface area contributed by atoms with Gasteiger partial charge >= 0.3 is 5.97 Å². The maximum absolute atomic E-state index is 12.1. The summed E-state index contributed by atoms with van der Waals surface area (Å²) in [6, 6.07) is 18.0. The van der Waals surface area contributed by atoms with Crippen LogP contribution in [0.2, 0.25) is 0 Å². The molecular weight excluding hydrogens is 300 g/mol. The molecule has 0 heterocycles. The Morgan fingerprint density at radius 2 is 1.50 bits per heavy atom. The van der Waals surface area contributed by atoms with Gasteiger partial charge in [-0.2, -0.15) is 0 Å². The first kappa shape index (κ1) is 15.9. The number of hydrogen-bond donors (Lipinski definition) is 0. The first-order valence-corrected chi connectivity index (χ1v) is 7.92. The van der Waals surface area contributed by atoms with E-state index in [1.54, 1.807) is 13.0 Å². The van der Waals surface area contributed by atoms with E-state index in [1.807, 2.05) is 48.5 Å². The van der Waals surface area contributed by atoms with Crippen LogP contribution >= 0.6 is 0 Å². The quantitative estimate of drug-likeness (QED) is 0.233. The molecule has 0 N–H and O–H groups in total. The fraction of sp³-hybridized carbons (Fsp3) is 0.143. The molecule has 0 unspecified atom stereocenters. The van der Waals surface area contributed by atoms with Gasteiger partial charge in [0, 0.05) is 0 Å². The molecule has 3 aromatic rings. The van der Waals surface area contributed by atoms with E-state index in [2.05, 4.69) is 6.07 Å². The van der Waals surface area contributed by atoms with Crippen molar-refractivity contribution in [1.82, 2.24) is 0 Å². The second-order valence-electron chi connectivity index (χ2n) is 5.57. The van der Waals surface area contributed by atoms with E-state index in [-0.39, 0.29) is 18.0 Å². The predicted octanol–water partition coefficient (Wildman–Crippen LogP) is 4.53. The van der Waals surface area contributed by atoms with Gasteiger partial charge in [-0.25, -0.2) is 4.79 Å². The van der Waals surface area contributed by atoms with E-state index in [0.29, 0.717) is 0 Å². The van der Waals surface area contributed by atoms with Crippen molar-refractivity contribution in [3.63, 3.8) is 0 Å². The highest BCUT2D eigenvalue weighted by Crippen LogP contribution is 2.30. The molecule has 0 amide bonds. The fourth-order valence-corrected chi connectivity index (χ4v) is 2.86. The zero-order chi connectivity index (χ0) is 17.1. The summed E-state index contributed by atoms with van der Waals surface area (Å²) >= 11 is 0. The van der Waals surface area contributed by atoms with Crippen molar-refractivity contribution >= 4 is 39.4 Å². The van der Waals surface area contributed by atoms with Gasteiger partial charge < -0.3 is 4.74 Å². The van der Waals surface area contributed by atoms with Crippen LogP contribution < -0.4 is 0 Å². The predicted molar refractivity (Wildman–Crippen MR) is 96.7 cm³/mol. The van der Waals surface area contributed by atoms with E-state index in [4.69, 9.17) is 4.74 Å². The Kier molecular flexibility index (Phi) is 4.43. The Balaban J connectivity index is 2.34. The van der Waals surface area contributed by atoms with Crippen molar-refractivity contribution in [2.45, 2.75) is 13.8 Å². The minimum absolute atomic E-state index is 0.0679. The summed E-state index contributed by atoms with van der Waals surface area (Å²) in [7, 11) is 0. The molecule has 3 aromatic carbocycles. The van der Waals surface area contributed by atoms with Crippen LogP contribution in [0.25, 0.3) is 27.6 Å². The minimum Gasteiger partial charge on any atom is -0.462 e. The maximum atomic E-state index is 12.1. The molecule has 0 spiro atoms. The van der Waals surface area contributed by atoms with Gasteiger partial charge in [0.25, 0.3) is 0 Å². The van der Waals surface area contributed by atoms with Gasteiger partial charge in [-0.05, 0) is 53.1 Å². The van der Waals surface area contributed by atoms with Crippen LogP contribution in [0.5, 0.6) is 0 Å². The first-order chi connectivity index (χ1) is 11.6. The summed E-state index contributed by atoms with van der Waals surface area (Å²) in [4.78, 5) is 24.1. The van der Waals surface area contributed by atoms with E-state index < -0.39 is 5.97 Å². The number of rotatable bonds is 4. The zero-order valence-corrected chi connectivity index (χ0v) is 13.7. The van der Waals surface area contributed by atoms with Gasteiger partial charge in [0.2, 0.25) is 0 Å². The second kappa shape index (κ2) is 6.67. The maximum Gasteiger partial charge on any atom is 0.341 e. The van der Waals surface area contributed by atoms with Crippen molar-refractivity contribution < 1.29 is 14.3 Å². The molecular formula is C21H18O3. The summed E-state index contributed by atoms with van der Waals surface area (Å²) < 4.78 is 5.03. The number of fused-ring (bicyclic) bond motifs is 2. The molecule has 0 bridgehead atoms. The molecule has 120 valence electrons. The molecule has 0 radical (unpaired) electrons. The van der Waals surface area contributed by atoms with Crippen LogP contribution in [0.15, 0.2) is 60.2 Å². The van der Waals surface area contributed by atoms with E-state index in [1.165, 1.54) is 6.92 Å². The number of ether oxygens (including phenoxy) is 1. The molecule has 0 saturated heterocycles. The number of benzene rings is 3. The van der Waals surface area contributed by atoms with Gasteiger partial charge in [0.05, 0.1) is 6.61 Å². The van der Waals surface area contributed by atoms with Crippen LogP contribution in [0.3, 0.4) is 0 Å². The number of carbonyl (C=O) groups is 2. The second-order valence-corrected chi connectivity index (χ2v) is 5.57. The number of ketones is 1. The summed E-state index contributed by atoms with van der Waals surface area (Å²) in [5.74, 6) is -0.882. The molecule has 0 aromatic heterocycles. The SMILES string of the molecule is CCOC(=O)C(=Cc1c2ccccc2cc2ccccc12)C(C)=O. The van der Waals surface area contributed by atoms with Crippen LogP contribution in [0.4, 0.5) is 0 Å². The van der Waals surface area contributed by atoms with Crippen molar-refractivity contribution in [3.8, 4) is 0 Å². The number of esters is 1. The monoisotopic (exact) mass is 318 g/mol. The van der Waals surface area contributed by atoms with Crippen LogP contribution in [0, 0.1) is 0 Å². The molecule has 0 atom stereocenters. The molecule has 0 aliphatic heterocycles. The smallest absolute Gasteiger partial charge is 0.341 e. The molecule has 3 nitrogen and oxygen atoms in total. The minimum atomic E-state index is -0.581. The largest absolute Gasteiger partial charge is 0.462 e. The average molecular weight is 318 g/mol. The third-order valence-electron chi connectivity index (χ3n) is 3.98. The Morgan fingerprint density at radius 1 is 0.958 bits per heavy atom. The zero-order valence-electron chi connectivity index (χ0n) is 13.7. The topological polar surface area (TPSA) is 43.4 Å². The van der Waals surface area contributed by atoms with Crippen molar-refractivity contribution in [2.75, 3.05) is 6.61 Å². The van der Waals surface area contributed by atoms with E-state index in [0.717, 1.165) is 27.1 Å². The fourth-order valence-electron chi connectivity index (χ4n) is 2.86. The van der Waals surface area contributed by atoms with Crippen molar-refractivity contribution in [1.29, 1.82) is 0 Å². The van der Waals surface area contributed by atoms with Crippen molar-refractivity contribution in [2.24, 2.45) is 0 Å². The molecule has 24 heavy (non-hydrogen) atoms. The Hall–Kier alpha value is -2.94. The normalized spacial score (nSPS) is 11.7. The highest BCUT2D eigenvalue weighted by atomic mass is 16.5. The Labute approximate surface area is 140 Å². The van der Waals surface area contributed by atoms with Gasteiger partial charge in [-0.15, -0.1) is 0 Å². The van der Waals surface area contributed by atoms with Crippen LogP contribution in [-0.4, -0.2) is 18.4 Å². The average Bonchev–Trinajstić information content (AvgIpc) is 2.58. The summed E-state index contributed by atoms with van der Waals surface area (Å²) in [6.45, 7) is 3.35. The standard InChI is InChI=1S/C21H18O3/c1-3-24-21(23)19(14(2)22)13-20-17-10-6-4-8-15(17)12-16-9-5-7-11-18(16)20/h4-13H,3H2,1-2H3. The lowest BCUT2D eigenvalue weighted by Gasteiger charge is -2.10. The lowest BCUT2D eigenvalue weighted by atomic mass is 9.95. The third kappa shape index (κ3) is 2.93. The molecule has 0 saturated carbocycles. The summed E-state index contributed by atoms with van der Waals surface area (Å²) in [5.41, 5.74) is 0.931. The van der Waals surface area contributed by atoms with Crippen LogP contribution in [-0.2, 0) is 14.3 Å². The van der Waals surface area contributed by atoms with Crippen molar-refractivity contribution in [3.05, 3.63) is 65.7 Å². The molecule has 3 rings (SSSR count). The highest BCUT2D eigenvalue weighted by Gasteiger charge is 2.17. The third-order valence-corrected chi connectivity index (χ3v) is 3.98. The van der Waals surface area contributed by atoms with E-state index in [9.17, 15) is 9.59 Å². The molecule has 0 aliphatic carbocycles. The number of carbonyl (C=O) groups excluding carboxylic acids is 2. The van der Waals surface area contributed by atoms with Crippen LogP contribution in [0.1, 0.15) is 19.4 Å². The molecule has 0 fully saturated rings.